The number of halogens is 1. The van der Waals surface area contributed by atoms with Crippen LogP contribution in [0.2, 0.25) is 0 Å². The molecule has 1 aromatic heterocycles. The number of benzene rings is 6. The lowest BCUT2D eigenvalue weighted by molar-refractivity contribution is 0.630. The molecule has 0 radical (unpaired) electrons. The van der Waals surface area contributed by atoms with Gasteiger partial charge in [0, 0.05) is 17.1 Å². The molecule has 0 aliphatic carbocycles. The van der Waals surface area contributed by atoms with Crippen LogP contribution in [0.5, 0.6) is 0 Å². The van der Waals surface area contributed by atoms with Crippen molar-refractivity contribution in [3.8, 4) is 11.3 Å². The maximum absolute atomic E-state index is 13.7. The van der Waals surface area contributed by atoms with Crippen molar-refractivity contribution < 1.29 is 4.39 Å². The molecule has 1 heterocycles. The van der Waals surface area contributed by atoms with Crippen LogP contribution in [0.4, 0.5) is 4.39 Å². The molecule has 0 N–H and O–H groups in total. The molecule has 0 amide bonds. The molecule has 0 fully saturated rings. The van der Waals surface area contributed by atoms with Gasteiger partial charge in [0.05, 0.1) is 5.69 Å². The van der Waals surface area contributed by atoms with Gasteiger partial charge in [-0.25, -0.2) is 4.39 Å². The Labute approximate surface area is 189 Å². The lowest BCUT2D eigenvalue weighted by Crippen LogP contribution is -1.88. The summed E-state index contributed by atoms with van der Waals surface area (Å²) < 4.78 is 13.7. The third-order valence-electron chi connectivity index (χ3n) is 6.74. The molecule has 154 valence electrons. The molecule has 2 heteroatoms. The normalized spacial score (nSPS) is 11.8. The maximum atomic E-state index is 13.7. The molecule has 7 rings (SSSR count). The summed E-state index contributed by atoms with van der Waals surface area (Å²) >= 11 is 0. The number of hydrogen-bond donors (Lipinski definition) is 0. The molecule has 0 bridgehead atoms. The molecule has 0 atom stereocenters. The van der Waals surface area contributed by atoms with Crippen LogP contribution in [-0.4, -0.2) is 4.98 Å². The zero-order chi connectivity index (χ0) is 21.9. The summed E-state index contributed by atoms with van der Waals surface area (Å²) in [5.41, 5.74) is 2.05. The topological polar surface area (TPSA) is 12.9 Å². The Bertz CT molecular complexity index is 1880. The average Bonchev–Trinajstić information content (AvgIpc) is 2.87. The van der Waals surface area contributed by atoms with Crippen molar-refractivity contribution in [2.45, 2.75) is 0 Å². The molecule has 1 nitrogen and oxygen atoms in total. The van der Waals surface area contributed by atoms with Gasteiger partial charge in [-0.15, -0.1) is 0 Å². The van der Waals surface area contributed by atoms with E-state index in [9.17, 15) is 4.39 Å². The van der Waals surface area contributed by atoms with Gasteiger partial charge in [0.1, 0.15) is 5.82 Å². The van der Waals surface area contributed by atoms with E-state index in [4.69, 9.17) is 4.98 Å². The second-order valence-electron chi connectivity index (χ2n) is 8.57. The highest BCUT2D eigenvalue weighted by Gasteiger charge is 2.11. The highest BCUT2D eigenvalue weighted by Crippen LogP contribution is 2.36. The molecule has 6 aromatic carbocycles. The molecule has 0 aliphatic rings. The van der Waals surface area contributed by atoms with Gasteiger partial charge in [0.2, 0.25) is 0 Å². The fourth-order valence-corrected chi connectivity index (χ4v) is 5.17. The SMILES string of the molecule is Fc1ccc2c(ccc3cc(-c4nccc5c4ccc4c6ccccc6ccc54)ccc32)c1. The Morgan fingerprint density at radius 2 is 1.06 bits per heavy atom. The van der Waals surface area contributed by atoms with E-state index in [1.165, 1.54) is 33.0 Å². The molecular weight excluding hydrogens is 405 g/mol. The molecular formula is C31H18FN. The van der Waals surface area contributed by atoms with Crippen LogP contribution >= 0.6 is 0 Å². The Balaban J connectivity index is 1.48. The zero-order valence-corrected chi connectivity index (χ0v) is 17.7. The van der Waals surface area contributed by atoms with Crippen molar-refractivity contribution in [3.63, 3.8) is 0 Å². The van der Waals surface area contributed by atoms with Gasteiger partial charge < -0.3 is 0 Å². The largest absolute Gasteiger partial charge is 0.256 e. The van der Waals surface area contributed by atoms with E-state index >= 15 is 0 Å². The van der Waals surface area contributed by atoms with Crippen molar-refractivity contribution >= 4 is 53.9 Å². The highest BCUT2D eigenvalue weighted by molar-refractivity contribution is 6.19. The third-order valence-corrected chi connectivity index (χ3v) is 6.74. The van der Waals surface area contributed by atoms with Gasteiger partial charge in [-0.05, 0) is 72.7 Å². The standard InChI is InChI=1S/C31H18FN/c32-23-9-12-26-21(18-23)6-5-20-17-22(8-10-25(20)26)31-30-14-13-27-24-4-2-1-3-19(24)7-11-28(27)29(30)15-16-33-31/h1-18H. The minimum atomic E-state index is -0.210. The number of hydrogen-bond acceptors (Lipinski definition) is 1. The van der Waals surface area contributed by atoms with Crippen LogP contribution in [0.1, 0.15) is 0 Å². The lowest BCUT2D eigenvalue weighted by Gasteiger charge is -2.12. The molecule has 0 aliphatic heterocycles. The predicted octanol–water partition coefficient (Wildman–Crippen LogP) is 8.65. The van der Waals surface area contributed by atoms with Gasteiger partial charge in [-0.2, -0.15) is 0 Å². The first-order valence-electron chi connectivity index (χ1n) is 11.1. The van der Waals surface area contributed by atoms with E-state index in [1.54, 1.807) is 6.07 Å². The van der Waals surface area contributed by atoms with Gasteiger partial charge in [-0.1, -0.05) is 78.9 Å². The van der Waals surface area contributed by atoms with Gasteiger partial charge in [0.15, 0.2) is 0 Å². The van der Waals surface area contributed by atoms with Crippen LogP contribution in [0.3, 0.4) is 0 Å². The molecule has 7 aromatic rings. The van der Waals surface area contributed by atoms with Crippen LogP contribution in [0.15, 0.2) is 109 Å². The fourth-order valence-electron chi connectivity index (χ4n) is 5.17. The molecule has 33 heavy (non-hydrogen) atoms. The summed E-state index contributed by atoms with van der Waals surface area (Å²) in [6, 6.07) is 34.9. The summed E-state index contributed by atoms with van der Waals surface area (Å²) in [5.74, 6) is -0.210. The minimum absolute atomic E-state index is 0.210. The third kappa shape index (κ3) is 2.74. The first-order chi connectivity index (χ1) is 16.3. The summed E-state index contributed by atoms with van der Waals surface area (Å²) in [6.45, 7) is 0. The van der Waals surface area contributed by atoms with Crippen LogP contribution in [0, 0.1) is 5.82 Å². The van der Waals surface area contributed by atoms with Crippen molar-refractivity contribution in [3.05, 3.63) is 115 Å². The first-order valence-corrected chi connectivity index (χ1v) is 11.1. The second kappa shape index (κ2) is 6.85. The van der Waals surface area contributed by atoms with Gasteiger partial charge in [0.25, 0.3) is 0 Å². The first kappa shape index (κ1) is 18.3. The average molecular weight is 423 g/mol. The molecule has 0 unspecified atom stereocenters. The molecule has 0 saturated heterocycles. The monoisotopic (exact) mass is 423 g/mol. The number of aromatic nitrogens is 1. The molecule has 0 saturated carbocycles. The lowest BCUT2D eigenvalue weighted by atomic mass is 9.94. The van der Waals surface area contributed by atoms with E-state index in [1.807, 2.05) is 18.3 Å². The fraction of sp³-hybridized carbons (Fsp3) is 0. The number of nitrogens with zero attached hydrogens (tertiary/aromatic N) is 1. The van der Waals surface area contributed by atoms with E-state index in [0.717, 1.165) is 38.2 Å². The Kier molecular flexibility index (Phi) is 3.80. The van der Waals surface area contributed by atoms with E-state index in [2.05, 4.69) is 78.9 Å². The van der Waals surface area contributed by atoms with Crippen molar-refractivity contribution in [1.82, 2.24) is 4.98 Å². The number of fused-ring (bicyclic) bond motifs is 8. The summed E-state index contributed by atoms with van der Waals surface area (Å²) in [4.78, 5) is 4.78. The summed E-state index contributed by atoms with van der Waals surface area (Å²) in [7, 11) is 0. The minimum Gasteiger partial charge on any atom is -0.256 e. The number of rotatable bonds is 1. The van der Waals surface area contributed by atoms with Crippen LogP contribution < -0.4 is 0 Å². The van der Waals surface area contributed by atoms with Crippen molar-refractivity contribution in [1.29, 1.82) is 0 Å². The molecule has 0 spiro atoms. The van der Waals surface area contributed by atoms with Crippen molar-refractivity contribution in [2.75, 3.05) is 0 Å². The summed E-state index contributed by atoms with van der Waals surface area (Å²) in [5, 5.41) is 11.6. The van der Waals surface area contributed by atoms with E-state index < -0.39 is 0 Å². The van der Waals surface area contributed by atoms with E-state index in [-0.39, 0.29) is 5.82 Å². The zero-order valence-electron chi connectivity index (χ0n) is 17.7. The van der Waals surface area contributed by atoms with Crippen LogP contribution in [0.25, 0.3) is 65.1 Å². The Morgan fingerprint density at radius 1 is 0.455 bits per heavy atom. The quantitative estimate of drug-likeness (QED) is 0.241. The summed E-state index contributed by atoms with van der Waals surface area (Å²) in [6.07, 6.45) is 1.90. The highest BCUT2D eigenvalue weighted by atomic mass is 19.1. The van der Waals surface area contributed by atoms with E-state index in [0.29, 0.717) is 0 Å². The Morgan fingerprint density at radius 3 is 1.97 bits per heavy atom. The van der Waals surface area contributed by atoms with Gasteiger partial charge >= 0.3 is 0 Å². The predicted molar refractivity (Wildman–Crippen MR) is 137 cm³/mol. The number of pyridine rings is 1. The Hall–Kier alpha value is -4.30. The van der Waals surface area contributed by atoms with Crippen LogP contribution in [-0.2, 0) is 0 Å². The smallest absolute Gasteiger partial charge is 0.123 e. The maximum Gasteiger partial charge on any atom is 0.123 e. The van der Waals surface area contributed by atoms with Crippen molar-refractivity contribution in [2.24, 2.45) is 0 Å². The van der Waals surface area contributed by atoms with Gasteiger partial charge in [-0.3, -0.25) is 4.98 Å². The second-order valence-corrected chi connectivity index (χ2v) is 8.57.